The summed E-state index contributed by atoms with van der Waals surface area (Å²) >= 11 is 0. The number of pyridine rings is 1. The number of aromatic nitrogens is 1. The van der Waals surface area contributed by atoms with Crippen molar-refractivity contribution < 1.29 is 0 Å². The summed E-state index contributed by atoms with van der Waals surface area (Å²) in [7, 11) is 0. The molecule has 1 aromatic heterocycles. The monoisotopic (exact) mass is 493 g/mol. The molecule has 2 heterocycles. The highest BCUT2D eigenvalue weighted by atomic mass is 127. The van der Waals surface area contributed by atoms with Gasteiger partial charge in [-0.05, 0) is 55.0 Å². The predicted octanol–water partition coefficient (Wildman–Crippen LogP) is 4.12. The van der Waals surface area contributed by atoms with Crippen LogP contribution < -0.4 is 15.5 Å². The molecule has 6 heteroatoms. The van der Waals surface area contributed by atoms with Crippen LogP contribution in [0.2, 0.25) is 0 Å². The van der Waals surface area contributed by atoms with Crippen LogP contribution in [0.15, 0.2) is 47.6 Å². The summed E-state index contributed by atoms with van der Waals surface area (Å²) < 4.78 is 0. The minimum absolute atomic E-state index is 0. The van der Waals surface area contributed by atoms with Gasteiger partial charge in [-0.3, -0.25) is 0 Å². The standard InChI is InChI=1S/C22H31N5.HI/c1-3-19-9-5-6-10-20(19)17-26-22(23-4-2)25-16-18-11-12-24-21(15-18)27-13-7-8-14-27;/h5-6,9-12,15H,3-4,7-8,13-14,16-17H2,1-2H3,(H2,23,25,26);1H. The Balaban J connectivity index is 0.00000280. The van der Waals surface area contributed by atoms with Gasteiger partial charge in [-0.25, -0.2) is 9.98 Å². The van der Waals surface area contributed by atoms with Crippen LogP contribution in [0, 0.1) is 0 Å². The molecule has 1 aliphatic heterocycles. The Kier molecular flexibility index (Phi) is 9.54. The van der Waals surface area contributed by atoms with Crippen molar-refractivity contribution in [3.63, 3.8) is 0 Å². The first-order chi connectivity index (χ1) is 13.3. The fourth-order valence-electron chi connectivity index (χ4n) is 3.44. The SMILES string of the molecule is CCNC(=NCc1ccnc(N2CCCC2)c1)NCc1ccccc1CC.I. The maximum atomic E-state index is 4.77. The molecule has 2 aromatic rings. The van der Waals surface area contributed by atoms with Crippen LogP contribution >= 0.6 is 24.0 Å². The molecule has 0 amide bonds. The number of hydrogen-bond acceptors (Lipinski definition) is 3. The van der Waals surface area contributed by atoms with Crippen molar-refractivity contribution in [3.8, 4) is 0 Å². The Hall–Kier alpha value is -1.83. The summed E-state index contributed by atoms with van der Waals surface area (Å²) in [5.74, 6) is 1.93. The molecule has 1 aromatic carbocycles. The molecule has 0 bridgehead atoms. The van der Waals surface area contributed by atoms with Crippen LogP contribution in [-0.4, -0.2) is 30.6 Å². The van der Waals surface area contributed by atoms with Crippen molar-refractivity contribution in [1.82, 2.24) is 15.6 Å². The van der Waals surface area contributed by atoms with Crippen LogP contribution in [0.25, 0.3) is 0 Å². The zero-order chi connectivity index (χ0) is 18.9. The molecule has 0 atom stereocenters. The highest BCUT2D eigenvalue weighted by Gasteiger charge is 2.13. The van der Waals surface area contributed by atoms with Gasteiger partial charge in [-0.15, -0.1) is 24.0 Å². The summed E-state index contributed by atoms with van der Waals surface area (Å²) in [4.78, 5) is 11.7. The van der Waals surface area contributed by atoms with Gasteiger partial charge in [0.25, 0.3) is 0 Å². The third kappa shape index (κ3) is 6.36. The van der Waals surface area contributed by atoms with E-state index in [1.165, 1.54) is 29.5 Å². The molecule has 2 N–H and O–H groups in total. The number of benzene rings is 1. The molecule has 0 unspecified atom stereocenters. The molecule has 28 heavy (non-hydrogen) atoms. The topological polar surface area (TPSA) is 52.6 Å². The number of halogens is 1. The smallest absolute Gasteiger partial charge is 0.191 e. The van der Waals surface area contributed by atoms with Crippen LogP contribution in [0.1, 0.15) is 43.4 Å². The lowest BCUT2D eigenvalue weighted by Gasteiger charge is -2.17. The quantitative estimate of drug-likeness (QED) is 0.346. The Morgan fingerprint density at radius 1 is 1.07 bits per heavy atom. The zero-order valence-corrected chi connectivity index (χ0v) is 19.3. The molecule has 1 aliphatic rings. The average Bonchev–Trinajstić information content (AvgIpc) is 3.25. The van der Waals surface area contributed by atoms with Gasteiger partial charge in [0.15, 0.2) is 5.96 Å². The van der Waals surface area contributed by atoms with E-state index in [1.807, 2.05) is 6.20 Å². The molecule has 0 spiro atoms. The normalized spacial score (nSPS) is 13.9. The molecule has 0 saturated carbocycles. The summed E-state index contributed by atoms with van der Waals surface area (Å²) in [5, 5.41) is 6.81. The third-order valence-corrected chi connectivity index (χ3v) is 4.95. The van der Waals surface area contributed by atoms with E-state index in [2.05, 4.69) is 70.8 Å². The number of rotatable bonds is 7. The van der Waals surface area contributed by atoms with Gasteiger partial charge in [0.05, 0.1) is 6.54 Å². The molecular formula is C22H32IN5. The van der Waals surface area contributed by atoms with Gasteiger partial charge >= 0.3 is 0 Å². The van der Waals surface area contributed by atoms with Crippen molar-refractivity contribution in [1.29, 1.82) is 0 Å². The van der Waals surface area contributed by atoms with Gasteiger partial charge < -0.3 is 15.5 Å². The highest BCUT2D eigenvalue weighted by Crippen LogP contribution is 2.18. The second-order valence-electron chi connectivity index (χ2n) is 6.89. The van der Waals surface area contributed by atoms with Crippen LogP contribution in [0.4, 0.5) is 5.82 Å². The Morgan fingerprint density at radius 3 is 2.54 bits per heavy atom. The maximum Gasteiger partial charge on any atom is 0.191 e. The van der Waals surface area contributed by atoms with Gasteiger partial charge in [-0.2, -0.15) is 0 Å². The first-order valence-electron chi connectivity index (χ1n) is 10.1. The molecule has 1 saturated heterocycles. The van der Waals surface area contributed by atoms with Crippen molar-refractivity contribution >= 4 is 35.8 Å². The number of aliphatic imine (C=N–C) groups is 1. The Morgan fingerprint density at radius 2 is 1.82 bits per heavy atom. The van der Waals surface area contributed by atoms with Crippen LogP contribution in [0.5, 0.6) is 0 Å². The Labute approximate surface area is 186 Å². The van der Waals surface area contributed by atoms with E-state index in [9.17, 15) is 0 Å². The molecule has 3 rings (SSSR count). The van der Waals surface area contributed by atoms with E-state index in [1.54, 1.807) is 0 Å². The van der Waals surface area contributed by atoms with Crippen molar-refractivity contribution in [2.24, 2.45) is 4.99 Å². The molecule has 152 valence electrons. The fourth-order valence-corrected chi connectivity index (χ4v) is 3.44. The first kappa shape index (κ1) is 22.5. The van der Waals surface area contributed by atoms with E-state index < -0.39 is 0 Å². The summed E-state index contributed by atoms with van der Waals surface area (Å²) in [5.41, 5.74) is 3.90. The van der Waals surface area contributed by atoms with Gasteiger partial charge in [0.1, 0.15) is 5.82 Å². The number of nitrogens with zero attached hydrogens (tertiary/aromatic N) is 3. The van der Waals surface area contributed by atoms with E-state index in [0.29, 0.717) is 6.54 Å². The van der Waals surface area contributed by atoms with E-state index in [0.717, 1.165) is 44.4 Å². The fraction of sp³-hybridized carbons (Fsp3) is 0.455. The molecule has 5 nitrogen and oxygen atoms in total. The van der Waals surface area contributed by atoms with Crippen molar-refractivity contribution in [2.75, 3.05) is 24.5 Å². The molecule has 0 aliphatic carbocycles. The number of guanidine groups is 1. The first-order valence-corrected chi connectivity index (χ1v) is 10.1. The van der Waals surface area contributed by atoms with E-state index in [4.69, 9.17) is 4.99 Å². The lowest BCUT2D eigenvalue weighted by atomic mass is 10.1. The van der Waals surface area contributed by atoms with Crippen LogP contribution in [0.3, 0.4) is 0 Å². The van der Waals surface area contributed by atoms with Gasteiger partial charge in [-0.1, -0.05) is 31.2 Å². The minimum atomic E-state index is 0. The van der Waals surface area contributed by atoms with Crippen molar-refractivity contribution in [2.45, 2.75) is 46.2 Å². The number of aryl methyl sites for hydroxylation is 1. The molecule has 0 radical (unpaired) electrons. The number of anilines is 1. The zero-order valence-electron chi connectivity index (χ0n) is 16.9. The van der Waals surface area contributed by atoms with Gasteiger partial charge in [0, 0.05) is 32.4 Å². The largest absolute Gasteiger partial charge is 0.357 e. The van der Waals surface area contributed by atoms with Crippen LogP contribution in [-0.2, 0) is 19.5 Å². The van der Waals surface area contributed by atoms with Gasteiger partial charge in [0.2, 0.25) is 0 Å². The third-order valence-electron chi connectivity index (χ3n) is 4.95. The van der Waals surface area contributed by atoms with E-state index in [-0.39, 0.29) is 24.0 Å². The lowest BCUT2D eigenvalue weighted by Crippen LogP contribution is -2.37. The summed E-state index contributed by atoms with van der Waals surface area (Å²) in [6.07, 6.45) is 5.47. The maximum absolute atomic E-state index is 4.77. The minimum Gasteiger partial charge on any atom is -0.357 e. The average molecular weight is 493 g/mol. The second-order valence-corrected chi connectivity index (χ2v) is 6.89. The van der Waals surface area contributed by atoms with Crippen molar-refractivity contribution in [3.05, 3.63) is 59.3 Å². The van der Waals surface area contributed by atoms with E-state index >= 15 is 0 Å². The highest BCUT2D eigenvalue weighted by molar-refractivity contribution is 14.0. The summed E-state index contributed by atoms with van der Waals surface area (Å²) in [6.45, 7) is 8.78. The number of hydrogen-bond donors (Lipinski definition) is 2. The number of nitrogens with one attached hydrogen (secondary N) is 2. The molecular weight excluding hydrogens is 461 g/mol. The Bertz CT molecular complexity index is 756. The molecule has 1 fully saturated rings. The lowest BCUT2D eigenvalue weighted by molar-refractivity contribution is 0.808. The second kappa shape index (κ2) is 11.9. The predicted molar refractivity (Wildman–Crippen MR) is 129 cm³/mol. The summed E-state index contributed by atoms with van der Waals surface area (Å²) in [6, 6.07) is 12.8.